The number of rotatable bonds is 4. The monoisotopic (exact) mass is 359 g/mol. The number of nitrogens with one attached hydrogen (secondary N) is 3. The summed E-state index contributed by atoms with van der Waals surface area (Å²) in [5.74, 6) is -1.16. The van der Waals surface area contributed by atoms with E-state index in [1.165, 1.54) is 30.9 Å². The van der Waals surface area contributed by atoms with E-state index in [2.05, 4.69) is 25.6 Å². The Morgan fingerprint density at radius 2 is 1.92 bits per heavy atom. The zero-order valence-electron chi connectivity index (χ0n) is 12.6. The predicted octanol–water partition coefficient (Wildman–Crippen LogP) is 3.10. The van der Waals surface area contributed by atoms with Gasteiger partial charge < -0.3 is 15.6 Å². The van der Waals surface area contributed by atoms with E-state index in [0.29, 0.717) is 11.4 Å². The van der Waals surface area contributed by atoms with Crippen molar-refractivity contribution < 1.29 is 14.0 Å². The number of imidazole rings is 1. The summed E-state index contributed by atoms with van der Waals surface area (Å²) >= 11 is 5.85. The van der Waals surface area contributed by atoms with Crippen LogP contribution in [0.15, 0.2) is 49.1 Å². The summed E-state index contributed by atoms with van der Waals surface area (Å²) in [6.45, 7) is 0. The fourth-order valence-corrected chi connectivity index (χ4v) is 2.23. The van der Waals surface area contributed by atoms with Gasteiger partial charge in [-0.05, 0) is 30.3 Å². The lowest BCUT2D eigenvalue weighted by Crippen LogP contribution is -2.15. The molecule has 126 valence electrons. The number of carbonyl (C=O) groups excluding carboxylic acids is 2. The van der Waals surface area contributed by atoms with E-state index in [1.807, 2.05) is 0 Å². The molecule has 0 unspecified atom stereocenters. The molecule has 0 saturated heterocycles. The van der Waals surface area contributed by atoms with Crippen LogP contribution in [0, 0.1) is 5.82 Å². The van der Waals surface area contributed by atoms with Crippen molar-refractivity contribution in [3.8, 4) is 0 Å². The molecule has 2 heterocycles. The van der Waals surface area contributed by atoms with Gasteiger partial charge in [0.25, 0.3) is 11.8 Å². The molecule has 3 N–H and O–H groups in total. The van der Waals surface area contributed by atoms with Crippen LogP contribution in [0.3, 0.4) is 0 Å². The highest BCUT2D eigenvalue weighted by molar-refractivity contribution is 6.34. The summed E-state index contributed by atoms with van der Waals surface area (Å²) in [6.07, 6.45) is 4.17. The molecular weight excluding hydrogens is 349 g/mol. The summed E-state index contributed by atoms with van der Waals surface area (Å²) in [4.78, 5) is 34.5. The fourth-order valence-electron chi connectivity index (χ4n) is 1.98. The molecule has 0 spiro atoms. The first-order chi connectivity index (χ1) is 12.0. The van der Waals surface area contributed by atoms with Gasteiger partial charge in [0.05, 0.1) is 35.0 Å². The third kappa shape index (κ3) is 3.99. The quantitative estimate of drug-likeness (QED) is 0.666. The summed E-state index contributed by atoms with van der Waals surface area (Å²) in [5, 5.41) is 5.17. The van der Waals surface area contributed by atoms with Crippen LogP contribution in [0.5, 0.6) is 0 Å². The Labute approximate surface area is 146 Å². The van der Waals surface area contributed by atoms with Crippen molar-refractivity contribution in [3.63, 3.8) is 0 Å². The van der Waals surface area contributed by atoms with Crippen molar-refractivity contribution in [3.05, 3.63) is 71.2 Å². The van der Waals surface area contributed by atoms with Crippen LogP contribution in [-0.2, 0) is 0 Å². The smallest absolute Gasteiger partial charge is 0.273 e. The van der Waals surface area contributed by atoms with E-state index >= 15 is 0 Å². The van der Waals surface area contributed by atoms with Crippen LogP contribution >= 0.6 is 11.6 Å². The molecule has 1 aromatic carbocycles. The molecule has 25 heavy (non-hydrogen) atoms. The summed E-state index contributed by atoms with van der Waals surface area (Å²) in [5.41, 5.74) is 0.877. The molecule has 0 bridgehead atoms. The summed E-state index contributed by atoms with van der Waals surface area (Å²) in [7, 11) is 0. The number of carbonyl (C=O) groups is 2. The number of H-pyrrole nitrogens is 1. The van der Waals surface area contributed by atoms with E-state index in [9.17, 15) is 14.0 Å². The maximum atomic E-state index is 13.0. The first kappa shape index (κ1) is 16.6. The minimum Gasteiger partial charge on any atom is -0.341 e. The number of hydrogen-bond acceptors (Lipinski definition) is 4. The highest BCUT2D eigenvalue weighted by atomic mass is 35.5. The standard InChI is InChI=1S/C16H11ClFN5O2/c17-12-5-9(18)1-3-11(12)15(24)23-14-4-2-10(6-20-14)22-16(25)13-7-19-8-21-13/h1-8H,(H,19,21)(H,22,25)(H,20,23,24). The second-order valence-corrected chi connectivity index (χ2v) is 5.34. The van der Waals surface area contributed by atoms with Crippen LogP contribution in [0.2, 0.25) is 5.02 Å². The van der Waals surface area contributed by atoms with Gasteiger partial charge in [0.15, 0.2) is 0 Å². The maximum Gasteiger partial charge on any atom is 0.273 e. The van der Waals surface area contributed by atoms with Gasteiger partial charge in [0.2, 0.25) is 0 Å². The topological polar surface area (TPSA) is 99.8 Å². The first-order valence-corrected chi connectivity index (χ1v) is 7.43. The molecular formula is C16H11ClFN5O2. The average molecular weight is 360 g/mol. The third-order valence-corrected chi connectivity index (χ3v) is 3.49. The van der Waals surface area contributed by atoms with E-state index in [0.717, 1.165) is 12.1 Å². The fraction of sp³-hybridized carbons (Fsp3) is 0. The molecule has 2 amide bonds. The molecule has 0 saturated carbocycles. The number of aromatic amines is 1. The van der Waals surface area contributed by atoms with Crippen molar-refractivity contribution >= 4 is 34.9 Å². The third-order valence-electron chi connectivity index (χ3n) is 3.18. The molecule has 0 aliphatic heterocycles. The number of amides is 2. The number of halogens is 2. The van der Waals surface area contributed by atoms with E-state index in [1.54, 1.807) is 6.07 Å². The van der Waals surface area contributed by atoms with E-state index in [4.69, 9.17) is 11.6 Å². The van der Waals surface area contributed by atoms with Crippen molar-refractivity contribution in [1.82, 2.24) is 15.0 Å². The maximum absolute atomic E-state index is 13.0. The number of nitrogens with zero attached hydrogens (tertiary/aromatic N) is 2. The predicted molar refractivity (Wildman–Crippen MR) is 90.1 cm³/mol. The Morgan fingerprint density at radius 1 is 1.08 bits per heavy atom. The van der Waals surface area contributed by atoms with Gasteiger partial charge in [0, 0.05) is 0 Å². The number of hydrogen-bond donors (Lipinski definition) is 3. The Balaban J connectivity index is 1.66. The van der Waals surface area contributed by atoms with Crippen LogP contribution < -0.4 is 10.6 Å². The van der Waals surface area contributed by atoms with Gasteiger partial charge in [-0.25, -0.2) is 14.4 Å². The summed E-state index contributed by atoms with van der Waals surface area (Å²) < 4.78 is 13.0. The number of benzene rings is 1. The minimum atomic E-state index is -0.531. The first-order valence-electron chi connectivity index (χ1n) is 7.05. The SMILES string of the molecule is O=C(Nc1ccc(NC(=O)c2ccc(F)cc2Cl)nc1)c1cnc[nH]1. The molecule has 0 atom stereocenters. The van der Waals surface area contributed by atoms with Crippen LogP contribution in [0.25, 0.3) is 0 Å². The van der Waals surface area contributed by atoms with Crippen molar-refractivity contribution in [1.29, 1.82) is 0 Å². The largest absolute Gasteiger partial charge is 0.341 e. The average Bonchev–Trinajstić information content (AvgIpc) is 3.11. The molecule has 0 aliphatic rings. The zero-order chi connectivity index (χ0) is 17.8. The number of aromatic nitrogens is 3. The van der Waals surface area contributed by atoms with Crippen molar-refractivity contribution in [2.75, 3.05) is 10.6 Å². The molecule has 0 aliphatic carbocycles. The highest BCUT2D eigenvalue weighted by Crippen LogP contribution is 2.19. The summed E-state index contributed by atoms with van der Waals surface area (Å²) in [6, 6.07) is 6.56. The lowest BCUT2D eigenvalue weighted by atomic mass is 10.2. The Morgan fingerprint density at radius 3 is 2.56 bits per heavy atom. The van der Waals surface area contributed by atoms with Gasteiger partial charge in [0.1, 0.15) is 17.3 Å². The van der Waals surface area contributed by atoms with Gasteiger partial charge >= 0.3 is 0 Å². The molecule has 9 heteroatoms. The second-order valence-electron chi connectivity index (χ2n) is 4.93. The lowest BCUT2D eigenvalue weighted by Gasteiger charge is -2.07. The van der Waals surface area contributed by atoms with Crippen molar-refractivity contribution in [2.45, 2.75) is 0 Å². The molecule has 3 rings (SSSR count). The lowest BCUT2D eigenvalue weighted by molar-refractivity contribution is 0.101. The van der Waals surface area contributed by atoms with Gasteiger partial charge in [-0.3, -0.25) is 9.59 Å². The van der Waals surface area contributed by atoms with Gasteiger partial charge in [-0.15, -0.1) is 0 Å². The molecule has 3 aromatic rings. The Kier molecular flexibility index (Phi) is 4.71. The molecule has 0 radical (unpaired) electrons. The van der Waals surface area contributed by atoms with Gasteiger partial charge in [-0.1, -0.05) is 11.6 Å². The van der Waals surface area contributed by atoms with E-state index in [-0.39, 0.29) is 22.3 Å². The molecule has 2 aromatic heterocycles. The normalized spacial score (nSPS) is 10.3. The van der Waals surface area contributed by atoms with Crippen LogP contribution in [0.4, 0.5) is 15.9 Å². The van der Waals surface area contributed by atoms with E-state index < -0.39 is 11.7 Å². The van der Waals surface area contributed by atoms with Gasteiger partial charge in [-0.2, -0.15) is 0 Å². The van der Waals surface area contributed by atoms with Crippen molar-refractivity contribution in [2.24, 2.45) is 0 Å². The van der Waals surface area contributed by atoms with Crippen LogP contribution in [0.1, 0.15) is 20.8 Å². The Hall–Kier alpha value is -3.26. The Bertz CT molecular complexity index is 913. The number of pyridine rings is 1. The zero-order valence-corrected chi connectivity index (χ0v) is 13.3. The number of anilines is 2. The molecule has 0 fully saturated rings. The molecule has 7 nitrogen and oxygen atoms in total. The minimum absolute atomic E-state index is 0.000871. The van der Waals surface area contributed by atoms with Crippen LogP contribution in [-0.4, -0.2) is 26.8 Å². The highest BCUT2D eigenvalue weighted by Gasteiger charge is 2.12. The second kappa shape index (κ2) is 7.10.